The summed E-state index contributed by atoms with van der Waals surface area (Å²) >= 11 is 0. The molecule has 3 N–H and O–H groups in total. The van der Waals surface area contributed by atoms with Gasteiger partial charge in [-0.25, -0.2) is 4.98 Å². The minimum Gasteiger partial charge on any atom is -0.496 e. The van der Waals surface area contributed by atoms with Crippen LogP contribution >= 0.6 is 0 Å². The van der Waals surface area contributed by atoms with Crippen molar-refractivity contribution in [3.63, 3.8) is 0 Å². The number of hydrogen-bond donors (Lipinski definition) is 3. The van der Waals surface area contributed by atoms with E-state index in [9.17, 15) is 4.79 Å². The summed E-state index contributed by atoms with van der Waals surface area (Å²) in [5, 5.41) is 11.4. The molecule has 3 heterocycles. The number of benzene rings is 3. The molecular formula is C27H27N7O2. The molecule has 3 aromatic carbocycles. The number of imidazole rings is 1. The molecule has 0 aliphatic carbocycles. The lowest BCUT2D eigenvalue weighted by Gasteiger charge is -2.34. The Labute approximate surface area is 208 Å². The molecule has 1 saturated heterocycles. The fourth-order valence-electron chi connectivity index (χ4n) is 4.74. The number of hydrogen-bond acceptors (Lipinski definition) is 6. The topological polar surface area (TPSA) is 102 Å². The Morgan fingerprint density at radius 3 is 2.67 bits per heavy atom. The number of likely N-dealkylation sites (N-methyl/N-ethyl adjacent to an activating group) is 1. The van der Waals surface area contributed by atoms with Crippen LogP contribution in [0.3, 0.4) is 0 Å². The van der Waals surface area contributed by atoms with Gasteiger partial charge < -0.3 is 24.8 Å². The third-order valence-corrected chi connectivity index (χ3v) is 6.75. The highest BCUT2D eigenvalue weighted by atomic mass is 16.5. The first kappa shape index (κ1) is 22.1. The highest BCUT2D eigenvalue weighted by molar-refractivity contribution is 6.12. The fourth-order valence-corrected chi connectivity index (χ4v) is 4.74. The lowest BCUT2D eigenvalue weighted by atomic mass is 10.1. The molecule has 182 valence electrons. The predicted molar refractivity (Wildman–Crippen MR) is 142 cm³/mol. The minimum absolute atomic E-state index is 0.256. The standard InChI is InChI=1S/C27H27N7O2/c1-33-12-14-34(15-13-33)17-10-11-19-22(16-17)29-26(28-19)25-24-20(7-5-8-21(24)31-32-25)30-27(35)18-6-3-4-9-23(18)36-2/h3-11,16H,12-15H2,1-2H3,(H,28,29)(H,30,35)(H,31,32). The molecule has 9 nitrogen and oxygen atoms in total. The Balaban J connectivity index is 1.35. The number of piperazine rings is 1. The highest BCUT2D eigenvalue weighted by Gasteiger charge is 2.20. The second-order valence-electron chi connectivity index (χ2n) is 9.03. The van der Waals surface area contributed by atoms with E-state index in [-0.39, 0.29) is 5.91 Å². The molecule has 0 saturated carbocycles. The van der Waals surface area contributed by atoms with E-state index in [1.807, 2.05) is 36.4 Å². The van der Waals surface area contributed by atoms with Crippen LogP contribution in [0, 0.1) is 0 Å². The highest BCUT2D eigenvalue weighted by Crippen LogP contribution is 2.33. The van der Waals surface area contributed by atoms with Crippen molar-refractivity contribution in [1.29, 1.82) is 0 Å². The van der Waals surface area contributed by atoms with Crippen molar-refractivity contribution in [2.45, 2.75) is 0 Å². The van der Waals surface area contributed by atoms with Crippen LogP contribution in [0.25, 0.3) is 33.5 Å². The van der Waals surface area contributed by atoms with Crippen LogP contribution in [-0.2, 0) is 0 Å². The average molecular weight is 482 g/mol. The Bertz CT molecular complexity index is 1560. The number of fused-ring (bicyclic) bond motifs is 2. The Morgan fingerprint density at radius 2 is 1.83 bits per heavy atom. The van der Waals surface area contributed by atoms with Gasteiger partial charge in [-0.1, -0.05) is 18.2 Å². The number of carbonyl (C=O) groups is 1. The first-order valence-corrected chi connectivity index (χ1v) is 12.0. The van der Waals surface area contributed by atoms with Crippen molar-refractivity contribution in [2.24, 2.45) is 0 Å². The molecule has 0 radical (unpaired) electrons. The van der Waals surface area contributed by atoms with Crippen LogP contribution in [0.1, 0.15) is 10.4 Å². The largest absolute Gasteiger partial charge is 0.496 e. The zero-order valence-corrected chi connectivity index (χ0v) is 20.2. The smallest absolute Gasteiger partial charge is 0.259 e. The molecule has 1 aliphatic rings. The van der Waals surface area contributed by atoms with Crippen molar-refractivity contribution < 1.29 is 9.53 Å². The number of nitrogens with zero attached hydrogens (tertiary/aromatic N) is 4. The molecule has 6 rings (SSSR count). The number of carbonyl (C=O) groups excluding carboxylic acids is 1. The van der Waals surface area contributed by atoms with Gasteiger partial charge in [0.1, 0.15) is 11.4 Å². The van der Waals surface area contributed by atoms with Gasteiger partial charge in [-0.05, 0) is 49.5 Å². The minimum atomic E-state index is -0.256. The maximum Gasteiger partial charge on any atom is 0.259 e. The number of H-pyrrole nitrogens is 2. The van der Waals surface area contributed by atoms with Gasteiger partial charge in [0.05, 0.1) is 40.3 Å². The Hall–Kier alpha value is -4.37. The third-order valence-electron chi connectivity index (χ3n) is 6.75. The molecule has 1 aliphatic heterocycles. The number of nitrogens with one attached hydrogen (secondary N) is 3. The van der Waals surface area contributed by atoms with E-state index in [0.29, 0.717) is 28.5 Å². The first-order valence-electron chi connectivity index (χ1n) is 12.0. The lowest BCUT2D eigenvalue weighted by molar-refractivity contribution is 0.102. The summed E-state index contributed by atoms with van der Waals surface area (Å²) in [7, 11) is 3.71. The molecule has 9 heteroatoms. The maximum atomic E-state index is 13.1. The third kappa shape index (κ3) is 3.93. The van der Waals surface area contributed by atoms with Gasteiger partial charge in [0, 0.05) is 31.9 Å². The number of anilines is 2. The molecule has 0 bridgehead atoms. The maximum absolute atomic E-state index is 13.1. The summed E-state index contributed by atoms with van der Waals surface area (Å²) in [5.74, 6) is 0.905. The van der Waals surface area contributed by atoms with E-state index in [1.165, 1.54) is 5.69 Å². The predicted octanol–water partition coefficient (Wildman–Crippen LogP) is 4.12. The van der Waals surface area contributed by atoms with E-state index in [4.69, 9.17) is 9.72 Å². The fraction of sp³-hybridized carbons (Fsp3) is 0.222. The summed E-state index contributed by atoms with van der Waals surface area (Å²) in [6.07, 6.45) is 0. The zero-order chi connectivity index (χ0) is 24.6. The van der Waals surface area contributed by atoms with Crippen LogP contribution < -0.4 is 15.0 Å². The van der Waals surface area contributed by atoms with Crippen LogP contribution in [-0.4, -0.2) is 71.3 Å². The molecule has 5 aromatic rings. The van der Waals surface area contributed by atoms with E-state index in [0.717, 1.165) is 48.1 Å². The van der Waals surface area contributed by atoms with Crippen LogP contribution in [0.15, 0.2) is 60.7 Å². The molecule has 0 spiro atoms. The number of para-hydroxylation sites is 1. The Morgan fingerprint density at radius 1 is 1.00 bits per heavy atom. The first-order chi connectivity index (χ1) is 17.6. The summed E-state index contributed by atoms with van der Waals surface area (Å²) in [4.78, 5) is 26.1. The van der Waals surface area contributed by atoms with Crippen molar-refractivity contribution in [3.05, 3.63) is 66.2 Å². The van der Waals surface area contributed by atoms with Crippen LogP contribution in [0.5, 0.6) is 5.75 Å². The number of ether oxygens (including phenoxy) is 1. The zero-order valence-electron chi connectivity index (χ0n) is 20.2. The molecule has 2 aromatic heterocycles. The molecule has 0 atom stereocenters. The van der Waals surface area contributed by atoms with Gasteiger partial charge in [-0.15, -0.1) is 0 Å². The number of aromatic nitrogens is 4. The second kappa shape index (κ2) is 9.01. The quantitative estimate of drug-likeness (QED) is 0.349. The summed E-state index contributed by atoms with van der Waals surface area (Å²) in [5.41, 5.74) is 5.57. The second-order valence-corrected chi connectivity index (χ2v) is 9.03. The van der Waals surface area contributed by atoms with E-state index in [2.05, 4.69) is 49.5 Å². The van der Waals surface area contributed by atoms with Gasteiger partial charge in [0.15, 0.2) is 5.82 Å². The van der Waals surface area contributed by atoms with E-state index >= 15 is 0 Å². The van der Waals surface area contributed by atoms with Gasteiger partial charge in [-0.2, -0.15) is 5.10 Å². The van der Waals surface area contributed by atoms with Gasteiger partial charge in [0.25, 0.3) is 5.91 Å². The number of rotatable bonds is 5. The molecule has 36 heavy (non-hydrogen) atoms. The monoisotopic (exact) mass is 481 g/mol. The molecular weight excluding hydrogens is 454 g/mol. The van der Waals surface area contributed by atoms with Crippen LogP contribution in [0.4, 0.5) is 11.4 Å². The van der Waals surface area contributed by atoms with Gasteiger partial charge >= 0.3 is 0 Å². The average Bonchev–Trinajstić information content (AvgIpc) is 3.53. The number of methoxy groups -OCH3 is 1. The van der Waals surface area contributed by atoms with E-state index in [1.54, 1.807) is 19.2 Å². The SMILES string of the molecule is COc1ccccc1C(=O)Nc1cccc2[nH]nc(-c3nc4ccc(N5CCN(C)CC5)cc4[nH]3)c12. The molecule has 1 fully saturated rings. The van der Waals surface area contributed by atoms with Crippen molar-refractivity contribution >= 4 is 39.2 Å². The number of amides is 1. The van der Waals surface area contributed by atoms with E-state index < -0.39 is 0 Å². The van der Waals surface area contributed by atoms with Gasteiger partial charge in [-0.3, -0.25) is 9.89 Å². The summed E-state index contributed by atoms with van der Waals surface area (Å²) < 4.78 is 5.36. The van der Waals surface area contributed by atoms with Crippen molar-refractivity contribution in [1.82, 2.24) is 25.1 Å². The van der Waals surface area contributed by atoms with Crippen molar-refractivity contribution in [3.8, 4) is 17.3 Å². The summed E-state index contributed by atoms with van der Waals surface area (Å²) in [6, 6.07) is 19.1. The van der Waals surface area contributed by atoms with Crippen molar-refractivity contribution in [2.75, 3.05) is 50.6 Å². The normalized spacial score (nSPS) is 14.4. The number of aromatic amines is 2. The van der Waals surface area contributed by atoms with Gasteiger partial charge in [0.2, 0.25) is 0 Å². The summed E-state index contributed by atoms with van der Waals surface area (Å²) in [6.45, 7) is 4.11. The Kier molecular flexibility index (Phi) is 5.54. The lowest BCUT2D eigenvalue weighted by Crippen LogP contribution is -2.44. The molecule has 0 unspecified atom stereocenters. The van der Waals surface area contributed by atoms with Crippen LogP contribution in [0.2, 0.25) is 0 Å². The molecule has 1 amide bonds.